The van der Waals surface area contributed by atoms with Crippen molar-refractivity contribution in [1.82, 2.24) is 15.0 Å². The summed E-state index contributed by atoms with van der Waals surface area (Å²) in [6.45, 7) is 15.0. The third-order valence-electron chi connectivity index (χ3n) is 3.15. The molecular weight excluding hydrogens is 314 g/mol. The van der Waals surface area contributed by atoms with Gasteiger partial charge in [-0.25, -0.2) is 15.0 Å². The van der Waals surface area contributed by atoms with Gasteiger partial charge in [0.25, 0.3) is 0 Å². The summed E-state index contributed by atoms with van der Waals surface area (Å²) in [5, 5.41) is 1.09. The van der Waals surface area contributed by atoms with Crippen LogP contribution in [-0.4, -0.2) is 15.0 Å². The Morgan fingerprint density at radius 3 is 2.00 bits per heavy atom. The summed E-state index contributed by atoms with van der Waals surface area (Å²) in [7, 11) is 0. The third kappa shape index (κ3) is 2.85. The van der Waals surface area contributed by atoms with Crippen molar-refractivity contribution in [2.75, 3.05) is 0 Å². The Balaban J connectivity index is 2.93. The first-order valence-corrected chi connectivity index (χ1v) is 7.65. The molecule has 0 aliphatic carbocycles. The first-order chi connectivity index (χ1) is 9.00. The summed E-state index contributed by atoms with van der Waals surface area (Å²) in [5.41, 5.74) is 2.84. The van der Waals surface area contributed by atoms with E-state index in [1.807, 2.05) is 6.92 Å². The van der Waals surface area contributed by atoms with Crippen molar-refractivity contribution in [2.45, 2.75) is 59.3 Å². The van der Waals surface area contributed by atoms with Crippen LogP contribution < -0.4 is 0 Å². The summed E-state index contributed by atoms with van der Waals surface area (Å²) in [4.78, 5) is 14.1. The van der Waals surface area contributed by atoms with Gasteiger partial charge in [0.15, 0.2) is 0 Å². The first-order valence-electron chi connectivity index (χ1n) is 6.86. The van der Waals surface area contributed by atoms with Gasteiger partial charge in [-0.3, -0.25) is 0 Å². The number of rotatable bonds is 0. The molecule has 0 saturated carbocycles. The topological polar surface area (TPSA) is 38.7 Å². The fourth-order valence-corrected chi connectivity index (χ4v) is 2.70. The van der Waals surface area contributed by atoms with Crippen molar-refractivity contribution < 1.29 is 0 Å². The van der Waals surface area contributed by atoms with Gasteiger partial charge in [0.1, 0.15) is 15.9 Å². The van der Waals surface area contributed by atoms with E-state index in [9.17, 15) is 0 Å². The predicted molar refractivity (Wildman–Crippen MR) is 87.2 cm³/mol. The number of fused-ring (bicyclic) bond motifs is 1. The van der Waals surface area contributed by atoms with E-state index in [1.54, 1.807) is 0 Å². The molecule has 0 amide bonds. The average molecular weight is 336 g/mol. The number of halogens is 1. The molecule has 20 heavy (non-hydrogen) atoms. The molecule has 0 unspecified atom stereocenters. The monoisotopic (exact) mass is 335 g/mol. The second kappa shape index (κ2) is 4.76. The predicted octanol–water partition coefficient (Wildman–Crippen LogP) is 4.69. The van der Waals surface area contributed by atoms with Gasteiger partial charge in [-0.2, -0.15) is 0 Å². The van der Waals surface area contributed by atoms with Crippen molar-refractivity contribution in [3.8, 4) is 0 Å². The van der Waals surface area contributed by atoms with Crippen LogP contribution >= 0.6 is 15.9 Å². The second-order valence-corrected chi connectivity index (χ2v) is 8.10. The van der Waals surface area contributed by atoms with E-state index in [0.717, 1.165) is 32.7 Å². The lowest BCUT2D eigenvalue weighted by atomic mass is 9.88. The maximum Gasteiger partial charge on any atom is 0.134 e. The summed E-state index contributed by atoms with van der Waals surface area (Å²) in [5.74, 6) is 0.862. The van der Waals surface area contributed by atoms with E-state index in [1.165, 1.54) is 0 Å². The van der Waals surface area contributed by atoms with Crippen molar-refractivity contribution in [3.05, 3.63) is 27.9 Å². The molecule has 4 heteroatoms. The molecule has 0 saturated heterocycles. The fourth-order valence-electron chi connectivity index (χ4n) is 2.12. The zero-order chi connectivity index (χ0) is 15.3. The number of aryl methyl sites for hydroxylation is 1. The van der Waals surface area contributed by atoms with Crippen molar-refractivity contribution in [2.24, 2.45) is 0 Å². The van der Waals surface area contributed by atoms with Gasteiger partial charge in [0.05, 0.1) is 5.69 Å². The highest BCUT2D eigenvalue weighted by Crippen LogP contribution is 2.33. The van der Waals surface area contributed by atoms with Crippen LogP contribution in [0.5, 0.6) is 0 Å². The lowest BCUT2D eigenvalue weighted by Crippen LogP contribution is -2.22. The largest absolute Gasteiger partial charge is 0.244 e. The molecule has 0 N–H and O–H groups in total. The normalized spacial score (nSPS) is 13.0. The maximum absolute atomic E-state index is 4.87. The maximum atomic E-state index is 4.87. The van der Waals surface area contributed by atoms with E-state index in [2.05, 4.69) is 68.5 Å². The van der Waals surface area contributed by atoms with Crippen LogP contribution in [0.4, 0.5) is 0 Å². The standard InChI is InChI=1S/C16H22BrN3/c1-9-8-10-11(13(17)18-9)19-14(16(5,6)7)20-12(10)15(2,3)4/h8H,1-7H3. The Bertz CT molecular complexity index is 664. The highest BCUT2D eigenvalue weighted by atomic mass is 79.9. The Morgan fingerprint density at radius 2 is 1.50 bits per heavy atom. The molecule has 0 fully saturated rings. The highest BCUT2D eigenvalue weighted by Gasteiger charge is 2.26. The number of nitrogens with zero attached hydrogens (tertiary/aromatic N) is 3. The zero-order valence-electron chi connectivity index (χ0n) is 13.3. The van der Waals surface area contributed by atoms with Crippen LogP contribution in [0.3, 0.4) is 0 Å². The minimum absolute atomic E-state index is 0.0333. The van der Waals surface area contributed by atoms with Gasteiger partial charge < -0.3 is 0 Å². The molecule has 0 radical (unpaired) electrons. The Labute approximate surface area is 129 Å². The van der Waals surface area contributed by atoms with Gasteiger partial charge in [-0.05, 0) is 28.9 Å². The van der Waals surface area contributed by atoms with Gasteiger partial charge >= 0.3 is 0 Å². The highest BCUT2D eigenvalue weighted by molar-refractivity contribution is 9.10. The molecule has 3 nitrogen and oxygen atoms in total. The van der Waals surface area contributed by atoms with Crippen molar-refractivity contribution >= 4 is 26.8 Å². The Hall–Kier alpha value is -1.03. The van der Waals surface area contributed by atoms with Gasteiger partial charge in [-0.15, -0.1) is 0 Å². The lowest BCUT2D eigenvalue weighted by Gasteiger charge is -2.24. The van der Waals surface area contributed by atoms with E-state index in [0.29, 0.717) is 0 Å². The lowest BCUT2D eigenvalue weighted by molar-refractivity contribution is 0.520. The zero-order valence-corrected chi connectivity index (χ0v) is 14.9. The average Bonchev–Trinajstić information content (AvgIpc) is 2.24. The smallest absolute Gasteiger partial charge is 0.134 e. The van der Waals surface area contributed by atoms with Crippen molar-refractivity contribution in [3.63, 3.8) is 0 Å². The van der Waals surface area contributed by atoms with E-state index in [-0.39, 0.29) is 10.8 Å². The molecule has 0 bridgehead atoms. The Morgan fingerprint density at radius 1 is 0.900 bits per heavy atom. The van der Waals surface area contributed by atoms with Crippen LogP contribution in [0.15, 0.2) is 10.7 Å². The van der Waals surface area contributed by atoms with Crippen LogP contribution in [0, 0.1) is 6.92 Å². The van der Waals surface area contributed by atoms with E-state index >= 15 is 0 Å². The second-order valence-electron chi connectivity index (χ2n) is 7.35. The minimum atomic E-state index is -0.0848. The van der Waals surface area contributed by atoms with Gasteiger partial charge in [0.2, 0.25) is 0 Å². The van der Waals surface area contributed by atoms with E-state index in [4.69, 9.17) is 9.97 Å². The summed E-state index contributed by atoms with van der Waals surface area (Å²) < 4.78 is 0.797. The summed E-state index contributed by atoms with van der Waals surface area (Å²) in [6.07, 6.45) is 0. The number of hydrogen-bond acceptors (Lipinski definition) is 3. The molecule has 108 valence electrons. The van der Waals surface area contributed by atoms with Gasteiger partial charge in [0, 0.05) is 21.9 Å². The Kier molecular flexibility index (Phi) is 3.66. The molecule has 2 aromatic rings. The number of aromatic nitrogens is 3. The van der Waals surface area contributed by atoms with Crippen LogP contribution in [0.2, 0.25) is 0 Å². The molecule has 0 aliphatic heterocycles. The van der Waals surface area contributed by atoms with Crippen LogP contribution in [-0.2, 0) is 10.8 Å². The van der Waals surface area contributed by atoms with Crippen LogP contribution in [0.1, 0.15) is 58.8 Å². The molecule has 2 heterocycles. The molecule has 2 aromatic heterocycles. The fraction of sp³-hybridized carbons (Fsp3) is 0.562. The molecule has 0 spiro atoms. The van der Waals surface area contributed by atoms with Gasteiger partial charge in [-0.1, -0.05) is 41.5 Å². The molecule has 0 atom stereocenters. The quantitative estimate of drug-likeness (QED) is 0.655. The molecular formula is C16H22BrN3. The molecule has 0 aromatic carbocycles. The summed E-state index contributed by atoms with van der Waals surface area (Å²) in [6, 6.07) is 2.08. The number of pyridine rings is 1. The molecule has 2 rings (SSSR count). The van der Waals surface area contributed by atoms with E-state index < -0.39 is 0 Å². The SMILES string of the molecule is Cc1cc2c(C(C)(C)C)nc(C(C)(C)C)nc2c(Br)n1. The third-order valence-corrected chi connectivity index (χ3v) is 3.70. The molecule has 0 aliphatic rings. The first kappa shape index (κ1) is 15.4. The van der Waals surface area contributed by atoms with Crippen molar-refractivity contribution in [1.29, 1.82) is 0 Å². The number of hydrogen-bond donors (Lipinski definition) is 0. The summed E-state index contributed by atoms with van der Waals surface area (Å²) >= 11 is 3.55. The van der Waals surface area contributed by atoms with Crippen LogP contribution in [0.25, 0.3) is 10.9 Å². The minimum Gasteiger partial charge on any atom is -0.244 e.